The quantitative estimate of drug-likeness (QED) is 0.0868. The first-order chi connectivity index (χ1) is 27.6. The van der Waals surface area contributed by atoms with Crippen LogP contribution in [0.5, 0.6) is 0 Å². The normalized spacial score (nSPS) is 24.5. The predicted molar refractivity (Wildman–Crippen MR) is 236 cm³/mol. The smallest absolute Gasteiger partial charge is 0.333 e. The molecule has 58 heavy (non-hydrogen) atoms. The van der Waals surface area contributed by atoms with Gasteiger partial charge in [0.15, 0.2) is 0 Å². The number of ether oxygens (including phenoxy) is 2. The summed E-state index contributed by atoms with van der Waals surface area (Å²) in [5.41, 5.74) is 1.38. The molecule has 0 aromatic carbocycles. The summed E-state index contributed by atoms with van der Waals surface area (Å²) >= 11 is 0. The average molecular weight is 815 g/mol. The van der Waals surface area contributed by atoms with Crippen LogP contribution in [0, 0.1) is 46.3 Å². The number of aliphatic carboxylic acids is 1. The van der Waals surface area contributed by atoms with Crippen molar-refractivity contribution in [1.29, 1.82) is 0 Å². The van der Waals surface area contributed by atoms with E-state index in [1.54, 1.807) is 13.8 Å². The van der Waals surface area contributed by atoms with Crippen molar-refractivity contribution in [1.82, 2.24) is 0 Å². The zero-order valence-corrected chi connectivity index (χ0v) is 37.8. The molecule has 4 fully saturated rings. The summed E-state index contributed by atoms with van der Waals surface area (Å²) in [5.74, 6) is 4.00. The maximum Gasteiger partial charge on any atom is 0.333 e. The lowest BCUT2D eigenvalue weighted by atomic mass is 9.62. The van der Waals surface area contributed by atoms with E-state index in [1.807, 2.05) is 0 Å². The highest BCUT2D eigenvalue weighted by Gasteiger charge is 2.39. The Bertz CT molecular complexity index is 1180. The number of carbonyl (C=O) groups excluding carboxylic acids is 2. The lowest BCUT2D eigenvalue weighted by Gasteiger charge is -2.44. The minimum Gasteiger partial charge on any atom is -0.478 e. The first kappa shape index (κ1) is 51.7. The maximum atomic E-state index is 11.8. The van der Waals surface area contributed by atoms with Gasteiger partial charge in [0.25, 0.3) is 0 Å². The molecule has 4 aliphatic carbocycles. The monoisotopic (exact) mass is 815 g/mol. The van der Waals surface area contributed by atoms with Gasteiger partial charge in [0.05, 0.1) is 13.2 Å². The first-order valence-corrected chi connectivity index (χ1v) is 23.4. The zero-order valence-electron chi connectivity index (χ0n) is 37.8. The second kappa shape index (κ2) is 27.4. The van der Waals surface area contributed by atoms with E-state index in [2.05, 4.69) is 33.6 Å². The Balaban J connectivity index is 0.000000369. The lowest BCUT2D eigenvalue weighted by Crippen LogP contribution is -2.34. The molecule has 0 heterocycles. The number of aliphatic hydroxyl groups excluding tert-OH is 2. The van der Waals surface area contributed by atoms with Crippen molar-refractivity contribution in [2.24, 2.45) is 46.3 Å². The molecule has 0 radical (unpaired) electrons. The number of rotatable bonds is 19. The lowest BCUT2D eigenvalue weighted by molar-refractivity contribution is -0.141. The summed E-state index contributed by atoms with van der Waals surface area (Å²) in [4.78, 5) is 33.2. The summed E-state index contributed by atoms with van der Waals surface area (Å²) in [6.07, 6.45) is 30.3. The van der Waals surface area contributed by atoms with Crippen molar-refractivity contribution < 1.29 is 39.2 Å². The molecule has 0 spiro atoms. The van der Waals surface area contributed by atoms with Crippen molar-refractivity contribution in [2.45, 2.75) is 189 Å². The summed E-state index contributed by atoms with van der Waals surface area (Å²) in [6, 6.07) is 0. The van der Waals surface area contributed by atoms with Crippen LogP contribution in [0.2, 0.25) is 0 Å². The van der Waals surface area contributed by atoms with Crippen LogP contribution in [0.15, 0.2) is 36.5 Å². The Morgan fingerprint density at radius 1 is 0.517 bits per heavy atom. The Kier molecular flexibility index (Phi) is 24.4. The van der Waals surface area contributed by atoms with Crippen LogP contribution in [0.4, 0.5) is 0 Å². The maximum absolute atomic E-state index is 11.8. The SMILES string of the molecule is C=C(C)C(=O)O.C=C(C)C(=O)OCCC1(CCOC(=O)C(=C)C)CCC(C2CCC(CCC)CC2)CC1.CCCC1CCC(C2CCC(CCO)(CCO)CC2)CC1. The predicted octanol–water partition coefficient (Wildman–Crippen LogP) is 12.0. The van der Waals surface area contributed by atoms with E-state index in [0.29, 0.717) is 24.4 Å². The number of carbonyl (C=O) groups is 3. The molecular weight excluding hydrogens is 729 g/mol. The van der Waals surface area contributed by atoms with Gasteiger partial charge in [-0.25, -0.2) is 14.4 Å². The number of aliphatic hydroxyl groups is 2. The van der Waals surface area contributed by atoms with Crippen molar-refractivity contribution in [2.75, 3.05) is 26.4 Å². The second-order valence-electron chi connectivity index (χ2n) is 19.2. The molecule has 4 aliphatic rings. The number of esters is 2. The molecule has 0 atom stereocenters. The Morgan fingerprint density at radius 2 is 0.810 bits per heavy atom. The molecule has 8 nitrogen and oxygen atoms in total. The molecule has 3 N–H and O–H groups in total. The van der Waals surface area contributed by atoms with E-state index in [1.165, 1.54) is 122 Å². The molecule has 8 heteroatoms. The third-order valence-electron chi connectivity index (χ3n) is 14.8. The topological polar surface area (TPSA) is 130 Å². The van der Waals surface area contributed by atoms with Gasteiger partial charge in [-0.2, -0.15) is 0 Å². The third kappa shape index (κ3) is 18.4. The Morgan fingerprint density at radius 3 is 1.07 bits per heavy atom. The zero-order chi connectivity index (χ0) is 43.1. The van der Waals surface area contributed by atoms with E-state index >= 15 is 0 Å². The van der Waals surface area contributed by atoms with Crippen molar-refractivity contribution >= 4 is 17.9 Å². The van der Waals surface area contributed by atoms with Gasteiger partial charge >= 0.3 is 17.9 Å². The molecular formula is C50H86O8. The van der Waals surface area contributed by atoms with Crippen LogP contribution in [-0.4, -0.2) is 59.7 Å². The van der Waals surface area contributed by atoms with Crippen LogP contribution in [0.3, 0.4) is 0 Å². The van der Waals surface area contributed by atoms with Crippen molar-refractivity contribution in [3.8, 4) is 0 Å². The standard InChI is InChI=1S/C27H44O4.C19H36O2.C4H6O2/c1-6-7-22-8-10-23(11-9-22)24-12-14-27(15-13-24,16-18-30-25(28)20(2)3)17-19-31-26(29)21(4)5;1-2-3-16-4-6-17(7-5-16)18-8-10-19(11-9-18,12-14-20)13-15-21;1-3(2)4(5)6/h22-24H,2,4,6-19H2,1,3,5H3;16-18,20-21H,2-15H2,1H3;1H2,2H3,(H,5,6). The fraction of sp³-hybridized carbons (Fsp3) is 0.820. The Hall–Kier alpha value is -2.45. The van der Waals surface area contributed by atoms with Crippen molar-refractivity contribution in [3.63, 3.8) is 0 Å². The molecule has 0 bridgehead atoms. The molecule has 4 saturated carbocycles. The summed E-state index contributed by atoms with van der Waals surface area (Å²) in [7, 11) is 0. The largest absolute Gasteiger partial charge is 0.478 e. The first-order valence-electron chi connectivity index (χ1n) is 23.4. The molecule has 334 valence electrons. The molecule has 0 unspecified atom stereocenters. The van der Waals surface area contributed by atoms with Crippen molar-refractivity contribution in [3.05, 3.63) is 36.5 Å². The van der Waals surface area contributed by atoms with Gasteiger partial charge in [-0.1, -0.05) is 85.0 Å². The summed E-state index contributed by atoms with van der Waals surface area (Å²) in [5, 5.41) is 26.5. The fourth-order valence-electron chi connectivity index (χ4n) is 10.9. The van der Waals surface area contributed by atoms with Crippen LogP contribution in [0.25, 0.3) is 0 Å². The number of carboxylic acids is 1. The molecule has 0 aliphatic heterocycles. The molecule has 0 amide bonds. The van der Waals surface area contributed by atoms with Crippen LogP contribution < -0.4 is 0 Å². The highest BCUT2D eigenvalue weighted by molar-refractivity contribution is 5.87. The van der Waals surface area contributed by atoms with Gasteiger partial charge in [0, 0.05) is 29.9 Å². The minimum absolute atomic E-state index is 0.0840. The van der Waals surface area contributed by atoms with E-state index < -0.39 is 5.97 Å². The van der Waals surface area contributed by atoms with Gasteiger partial charge < -0.3 is 24.8 Å². The highest BCUT2D eigenvalue weighted by Crippen LogP contribution is 2.50. The minimum atomic E-state index is -0.935. The van der Waals surface area contributed by atoms with Crippen LogP contribution in [0.1, 0.15) is 189 Å². The van der Waals surface area contributed by atoms with Gasteiger partial charge in [0.1, 0.15) is 0 Å². The fourth-order valence-corrected chi connectivity index (χ4v) is 10.9. The number of carboxylic acid groups (broad SMARTS) is 1. The molecule has 0 aromatic rings. The average Bonchev–Trinajstić information content (AvgIpc) is 3.20. The van der Waals surface area contributed by atoms with Gasteiger partial charge in [0.2, 0.25) is 0 Å². The van der Waals surface area contributed by atoms with E-state index in [9.17, 15) is 24.6 Å². The van der Waals surface area contributed by atoms with Crippen LogP contribution in [-0.2, 0) is 23.9 Å². The molecule has 0 saturated heterocycles. The van der Waals surface area contributed by atoms with E-state index in [4.69, 9.17) is 14.6 Å². The number of hydrogen-bond donors (Lipinski definition) is 3. The molecule has 0 aromatic heterocycles. The third-order valence-corrected chi connectivity index (χ3v) is 14.8. The second-order valence-corrected chi connectivity index (χ2v) is 19.2. The van der Waals surface area contributed by atoms with Crippen LogP contribution >= 0.6 is 0 Å². The van der Waals surface area contributed by atoms with Gasteiger partial charge in [-0.05, 0) is 170 Å². The summed E-state index contributed by atoms with van der Waals surface area (Å²) < 4.78 is 10.8. The molecule has 4 rings (SSSR count). The van der Waals surface area contributed by atoms with Gasteiger partial charge in [-0.15, -0.1) is 0 Å². The van der Waals surface area contributed by atoms with Gasteiger partial charge in [-0.3, -0.25) is 0 Å². The highest BCUT2D eigenvalue weighted by atomic mass is 16.5. The Labute approximate surface area is 354 Å². The summed E-state index contributed by atoms with van der Waals surface area (Å²) in [6.45, 7) is 21.3. The van der Waals surface area contributed by atoms with E-state index in [0.717, 1.165) is 74.0 Å². The van der Waals surface area contributed by atoms with E-state index in [-0.39, 0.29) is 41.6 Å². The number of hydrogen-bond acceptors (Lipinski definition) is 7.